The third-order valence-electron chi connectivity index (χ3n) is 4.98. The van der Waals surface area contributed by atoms with E-state index < -0.39 is 0 Å². The summed E-state index contributed by atoms with van der Waals surface area (Å²) in [6.07, 6.45) is 11.8. The lowest BCUT2D eigenvalue weighted by molar-refractivity contribution is 0.0981. The van der Waals surface area contributed by atoms with Gasteiger partial charge >= 0.3 is 0 Å². The first kappa shape index (κ1) is 13.7. The van der Waals surface area contributed by atoms with Crippen LogP contribution in [0.2, 0.25) is 0 Å². The number of hydrogen-bond acceptors (Lipinski definition) is 3. The van der Waals surface area contributed by atoms with E-state index in [4.69, 9.17) is 4.98 Å². The van der Waals surface area contributed by atoms with Crippen molar-refractivity contribution in [3.05, 3.63) is 23.3 Å². The molecule has 1 aromatic rings. The molecule has 0 spiro atoms. The summed E-state index contributed by atoms with van der Waals surface area (Å²) in [5.74, 6) is 2.57. The molecule has 0 aliphatic heterocycles. The van der Waals surface area contributed by atoms with Crippen LogP contribution < -0.4 is 0 Å². The first-order chi connectivity index (χ1) is 9.78. The molecule has 0 saturated heterocycles. The Morgan fingerprint density at radius 2 is 2.05 bits per heavy atom. The lowest BCUT2D eigenvalue weighted by atomic mass is 9.80. The normalized spacial score (nSPS) is 26.9. The van der Waals surface area contributed by atoms with Gasteiger partial charge in [-0.25, -0.2) is 9.97 Å². The smallest absolute Gasteiger partial charge is 0.166 e. The molecule has 2 unspecified atom stereocenters. The predicted molar refractivity (Wildman–Crippen MR) is 78.9 cm³/mol. The minimum Gasteiger partial charge on any atom is -0.294 e. The van der Waals surface area contributed by atoms with Crippen molar-refractivity contribution >= 4 is 5.78 Å². The zero-order chi connectivity index (χ0) is 13.9. The molecule has 1 saturated carbocycles. The van der Waals surface area contributed by atoms with Gasteiger partial charge in [0.15, 0.2) is 5.78 Å². The van der Waals surface area contributed by atoms with Gasteiger partial charge in [-0.1, -0.05) is 26.2 Å². The summed E-state index contributed by atoms with van der Waals surface area (Å²) in [6.45, 7) is 2.28. The summed E-state index contributed by atoms with van der Waals surface area (Å²) < 4.78 is 0. The van der Waals surface area contributed by atoms with Gasteiger partial charge in [0.2, 0.25) is 0 Å². The molecule has 2 aliphatic carbocycles. The number of hydrogen-bond donors (Lipinski definition) is 0. The fourth-order valence-electron chi connectivity index (χ4n) is 3.66. The number of nitrogens with zero attached hydrogens (tertiary/aromatic N) is 2. The summed E-state index contributed by atoms with van der Waals surface area (Å²) in [7, 11) is 0. The maximum Gasteiger partial charge on any atom is 0.166 e. The van der Waals surface area contributed by atoms with Crippen LogP contribution in [0, 0.1) is 5.92 Å². The number of aryl methyl sites for hydroxylation is 1. The summed E-state index contributed by atoms with van der Waals surface area (Å²) in [5, 5.41) is 0. The van der Waals surface area contributed by atoms with Crippen molar-refractivity contribution < 1.29 is 4.79 Å². The number of fused-ring (bicyclic) bond motifs is 1. The van der Waals surface area contributed by atoms with Crippen LogP contribution in [-0.2, 0) is 6.42 Å². The molecule has 0 bridgehead atoms. The molecule has 0 N–H and O–H groups in total. The largest absolute Gasteiger partial charge is 0.294 e. The second kappa shape index (κ2) is 6.02. The molecule has 2 atom stereocenters. The van der Waals surface area contributed by atoms with Crippen molar-refractivity contribution in [2.24, 2.45) is 5.92 Å². The van der Waals surface area contributed by atoms with Crippen molar-refractivity contribution in [2.75, 3.05) is 0 Å². The highest BCUT2D eigenvalue weighted by molar-refractivity contribution is 5.97. The van der Waals surface area contributed by atoms with E-state index >= 15 is 0 Å². The van der Waals surface area contributed by atoms with E-state index in [0.717, 1.165) is 42.3 Å². The van der Waals surface area contributed by atoms with Crippen LogP contribution in [0.1, 0.15) is 86.1 Å². The van der Waals surface area contributed by atoms with Gasteiger partial charge in [0.1, 0.15) is 5.82 Å². The Morgan fingerprint density at radius 1 is 1.20 bits per heavy atom. The van der Waals surface area contributed by atoms with Crippen molar-refractivity contribution in [2.45, 2.75) is 70.6 Å². The van der Waals surface area contributed by atoms with E-state index in [1.807, 2.05) is 0 Å². The Labute approximate surface area is 121 Å². The lowest BCUT2D eigenvalue weighted by Gasteiger charge is -2.27. The SMILES string of the molecule is CCC1CCCC(c2ncc3c(n2)CCCCC3=O)C1. The number of carbonyl (C=O) groups excluding carboxylic acids is 1. The van der Waals surface area contributed by atoms with Gasteiger partial charge < -0.3 is 0 Å². The quantitative estimate of drug-likeness (QED) is 0.762. The van der Waals surface area contributed by atoms with Crippen LogP contribution in [-0.4, -0.2) is 15.8 Å². The summed E-state index contributed by atoms with van der Waals surface area (Å²) >= 11 is 0. The number of Topliss-reactive ketones (excluding diaryl/α,β-unsaturated/α-hetero) is 1. The van der Waals surface area contributed by atoms with E-state index in [1.54, 1.807) is 6.20 Å². The van der Waals surface area contributed by atoms with Crippen molar-refractivity contribution in [1.29, 1.82) is 0 Å². The number of rotatable bonds is 2. The van der Waals surface area contributed by atoms with Crippen molar-refractivity contribution in [1.82, 2.24) is 9.97 Å². The van der Waals surface area contributed by atoms with Crippen LogP contribution >= 0.6 is 0 Å². The van der Waals surface area contributed by atoms with Crippen molar-refractivity contribution in [3.63, 3.8) is 0 Å². The molecule has 20 heavy (non-hydrogen) atoms. The second-order valence-electron chi connectivity index (χ2n) is 6.36. The first-order valence-electron chi connectivity index (χ1n) is 8.17. The van der Waals surface area contributed by atoms with Crippen LogP contribution in [0.3, 0.4) is 0 Å². The zero-order valence-corrected chi connectivity index (χ0v) is 12.4. The van der Waals surface area contributed by atoms with Gasteiger partial charge in [-0.2, -0.15) is 0 Å². The van der Waals surface area contributed by atoms with E-state index in [1.165, 1.54) is 32.1 Å². The molecular weight excluding hydrogens is 248 g/mol. The molecule has 0 aromatic carbocycles. The Balaban J connectivity index is 1.84. The third kappa shape index (κ3) is 2.77. The lowest BCUT2D eigenvalue weighted by Crippen LogP contribution is -2.17. The van der Waals surface area contributed by atoms with Gasteiger partial charge in [0.25, 0.3) is 0 Å². The highest BCUT2D eigenvalue weighted by Gasteiger charge is 2.26. The molecule has 1 heterocycles. The molecule has 0 radical (unpaired) electrons. The fourth-order valence-corrected chi connectivity index (χ4v) is 3.66. The number of ketones is 1. The third-order valence-corrected chi connectivity index (χ3v) is 4.98. The Morgan fingerprint density at radius 3 is 2.90 bits per heavy atom. The molecule has 0 amide bonds. The van der Waals surface area contributed by atoms with E-state index in [0.29, 0.717) is 12.3 Å². The maximum atomic E-state index is 12.0. The number of aromatic nitrogens is 2. The highest BCUT2D eigenvalue weighted by atomic mass is 16.1. The van der Waals surface area contributed by atoms with Gasteiger partial charge in [0.05, 0.1) is 11.3 Å². The fraction of sp³-hybridized carbons (Fsp3) is 0.706. The summed E-state index contributed by atoms with van der Waals surface area (Å²) in [6, 6.07) is 0. The monoisotopic (exact) mass is 272 g/mol. The molecule has 2 aliphatic rings. The zero-order valence-electron chi connectivity index (χ0n) is 12.4. The molecular formula is C17H24N2O. The summed E-state index contributed by atoms with van der Waals surface area (Å²) in [4.78, 5) is 21.3. The van der Waals surface area contributed by atoms with Crippen LogP contribution in [0.25, 0.3) is 0 Å². The minimum absolute atomic E-state index is 0.235. The van der Waals surface area contributed by atoms with E-state index in [2.05, 4.69) is 11.9 Å². The molecule has 1 fully saturated rings. The minimum atomic E-state index is 0.235. The van der Waals surface area contributed by atoms with Crippen LogP contribution in [0.5, 0.6) is 0 Å². The highest BCUT2D eigenvalue weighted by Crippen LogP contribution is 2.36. The maximum absolute atomic E-state index is 12.0. The van der Waals surface area contributed by atoms with Gasteiger partial charge in [0, 0.05) is 18.5 Å². The van der Waals surface area contributed by atoms with Gasteiger partial charge in [-0.05, 0) is 38.0 Å². The van der Waals surface area contributed by atoms with Gasteiger partial charge in [-0.3, -0.25) is 4.79 Å². The van der Waals surface area contributed by atoms with Crippen LogP contribution in [0.15, 0.2) is 6.20 Å². The first-order valence-corrected chi connectivity index (χ1v) is 8.17. The molecule has 3 heteroatoms. The van der Waals surface area contributed by atoms with Crippen molar-refractivity contribution in [3.8, 4) is 0 Å². The van der Waals surface area contributed by atoms with Crippen LogP contribution in [0.4, 0.5) is 0 Å². The summed E-state index contributed by atoms with van der Waals surface area (Å²) in [5.41, 5.74) is 1.80. The average molecular weight is 272 g/mol. The van der Waals surface area contributed by atoms with E-state index in [9.17, 15) is 4.79 Å². The average Bonchev–Trinajstić information content (AvgIpc) is 2.69. The Kier molecular flexibility index (Phi) is 4.13. The van der Waals surface area contributed by atoms with E-state index in [-0.39, 0.29) is 5.78 Å². The molecule has 3 nitrogen and oxygen atoms in total. The standard InChI is InChI=1S/C17H24N2O/c1-2-12-6-5-7-13(10-12)17-18-11-14-15(19-17)8-3-4-9-16(14)20/h11-13H,2-10H2,1H3. The second-order valence-corrected chi connectivity index (χ2v) is 6.36. The molecule has 108 valence electrons. The predicted octanol–water partition coefficient (Wildman–Crippen LogP) is 4.07. The Bertz CT molecular complexity index is 498. The Hall–Kier alpha value is -1.25. The topological polar surface area (TPSA) is 42.9 Å². The molecule has 3 rings (SSSR count). The molecule has 1 aromatic heterocycles. The number of carbonyl (C=O) groups is 1. The van der Waals surface area contributed by atoms with Gasteiger partial charge in [-0.15, -0.1) is 0 Å².